The maximum absolute atomic E-state index is 13.9. The first kappa shape index (κ1) is 26.3. The second-order valence-electron chi connectivity index (χ2n) is 12.5. The number of carbonyl (C=O) groups excluding carboxylic acids is 3. The van der Waals surface area contributed by atoms with Crippen LogP contribution in [0.25, 0.3) is 10.9 Å². The van der Waals surface area contributed by atoms with Crippen molar-refractivity contribution in [2.75, 3.05) is 31.1 Å². The molecule has 3 fully saturated rings. The van der Waals surface area contributed by atoms with Crippen LogP contribution < -0.4 is 10.2 Å². The van der Waals surface area contributed by atoms with Crippen LogP contribution in [0.3, 0.4) is 0 Å². The second-order valence-corrected chi connectivity index (χ2v) is 12.5. The second kappa shape index (κ2) is 10.3. The summed E-state index contributed by atoms with van der Waals surface area (Å²) < 4.78 is 0. The summed E-state index contributed by atoms with van der Waals surface area (Å²) in [7, 11) is 0. The Balaban J connectivity index is 1.08. The van der Waals surface area contributed by atoms with Crippen molar-refractivity contribution in [3.05, 3.63) is 60.4 Å². The number of piperazine rings is 1. The summed E-state index contributed by atoms with van der Waals surface area (Å²) >= 11 is 0. The third-order valence-electron chi connectivity index (χ3n) is 8.79. The molecule has 9 heteroatoms. The van der Waals surface area contributed by atoms with E-state index in [0.29, 0.717) is 18.8 Å². The number of para-hydroxylation sites is 1. The van der Waals surface area contributed by atoms with Crippen LogP contribution in [-0.2, 0) is 9.59 Å². The first-order valence-corrected chi connectivity index (χ1v) is 14.3. The van der Waals surface area contributed by atoms with E-state index < -0.39 is 11.5 Å². The molecule has 3 atom stereocenters. The number of benzene rings is 1. The van der Waals surface area contributed by atoms with Crippen molar-refractivity contribution in [2.24, 2.45) is 11.3 Å². The third-order valence-corrected chi connectivity index (χ3v) is 8.79. The minimum Gasteiger partial charge on any atom is -0.357 e. The van der Waals surface area contributed by atoms with Crippen molar-refractivity contribution in [1.29, 1.82) is 0 Å². The van der Waals surface area contributed by atoms with Gasteiger partial charge in [-0.3, -0.25) is 14.4 Å². The highest BCUT2D eigenvalue weighted by Crippen LogP contribution is 2.35. The maximum atomic E-state index is 13.9. The van der Waals surface area contributed by atoms with Crippen molar-refractivity contribution in [3.8, 4) is 0 Å². The number of likely N-dealkylation sites (tertiary alicyclic amines) is 2. The number of nitrogens with zero attached hydrogens (tertiary/aromatic N) is 4. The van der Waals surface area contributed by atoms with Crippen LogP contribution in [0, 0.1) is 11.3 Å². The van der Waals surface area contributed by atoms with Gasteiger partial charge in [0.25, 0.3) is 5.91 Å². The number of pyridine rings is 1. The number of rotatable bonds is 5. The number of hydrogen-bond donors (Lipinski definition) is 2. The molecule has 3 aliphatic rings. The molecule has 2 bridgehead atoms. The zero-order chi connectivity index (χ0) is 28.0. The molecular weight excluding hydrogens is 504 g/mol. The lowest BCUT2D eigenvalue weighted by molar-refractivity contribution is -0.144. The number of hydrogen-bond acceptors (Lipinski definition) is 5. The molecular formula is C31H38N6O3. The molecule has 3 saturated heterocycles. The normalized spacial score (nSPS) is 22.1. The van der Waals surface area contributed by atoms with Crippen LogP contribution in [0.5, 0.6) is 0 Å². The fraction of sp³-hybridized carbons (Fsp3) is 0.484. The summed E-state index contributed by atoms with van der Waals surface area (Å²) in [6.07, 6.45) is 4.24. The predicted molar refractivity (Wildman–Crippen MR) is 154 cm³/mol. The van der Waals surface area contributed by atoms with Gasteiger partial charge in [-0.1, -0.05) is 45.0 Å². The first-order valence-electron chi connectivity index (χ1n) is 14.3. The summed E-state index contributed by atoms with van der Waals surface area (Å²) in [6.45, 7) is 8.67. The molecule has 0 saturated carbocycles. The largest absolute Gasteiger partial charge is 0.357 e. The molecule has 5 heterocycles. The molecule has 0 radical (unpaired) electrons. The molecule has 1 aromatic carbocycles. The number of H-pyrrole nitrogens is 1. The SMILES string of the molecule is CC(C)(C)C(NC(=O)c1cc2ccccc2[nH]1)C(=O)N1C[C@@H]2C[C@H]1CN2C(=O)C1CCN(c2ccccn2)CC1. The van der Waals surface area contributed by atoms with Crippen molar-refractivity contribution >= 4 is 34.4 Å². The van der Waals surface area contributed by atoms with Gasteiger partial charge in [-0.25, -0.2) is 4.98 Å². The molecule has 0 spiro atoms. The monoisotopic (exact) mass is 542 g/mol. The van der Waals surface area contributed by atoms with Crippen LogP contribution in [0.15, 0.2) is 54.7 Å². The number of fused-ring (bicyclic) bond motifs is 3. The van der Waals surface area contributed by atoms with E-state index in [9.17, 15) is 14.4 Å². The van der Waals surface area contributed by atoms with E-state index in [0.717, 1.165) is 49.1 Å². The number of piperidine rings is 1. The summed E-state index contributed by atoms with van der Waals surface area (Å²) in [5.74, 6) is 0.844. The topological polar surface area (TPSA) is 102 Å². The first-order chi connectivity index (χ1) is 19.2. The van der Waals surface area contributed by atoms with Crippen molar-refractivity contribution in [3.63, 3.8) is 0 Å². The summed E-state index contributed by atoms with van der Waals surface area (Å²) in [5, 5.41) is 3.98. The zero-order valence-corrected chi connectivity index (χ0v) is 23.5. The van der Waals surface area contributed by atoms with E-state index in [2.05, 4.69) is 20.2 Å². The standard InChI is InChI=1S/C31H38N6O3/c1-31(2,3)27(34-28(38)25-16-21-8-4-5-9-24(21)33-25)30(40)37-19-22-17-23(37)18-36(22)29(39)20-11-14-35(15-12-20)26-10-6-7-13-32-26/h4-10,13,16,20,22-23,27,33H,11-12,14-15,17-19H2,1-3H3,(H,34,38)/t22-,23-,27?/m0/s1. The number of carbonyl (C=O) groups is 3. The highest BCUT2D eigenvalue weighted by molar-refractivity contribution is 6.00. The van der Waals surface area contributed by atoms with Gasteiger partial charge in [-0.15, -0.1) is 0 Å². The van der Waals surface area contributed by atoms with Gasteiger partial charge in [0.1, 0.15) is 17.6 Å². The minimum atomic E-state index is -0.675. The lowest BCUT2D eigenvalue weighted by Gasteiger charge is -2.41. The van der Waals surface area contributed by atoms with Gasteiger partial charge >= 0.3 is 0 Å². The molecule has 1 unspecified atom stereocenters. The zero-order valence-electron chi connectivity index (χ0n) is 23.5. The highest BCUT2D eigenvalue weighted by Gasteiger charge is 2.50. The predicted octanol–water partition coefficient (Wildman–Crippen LogP) is 3.44. The number of aromatic nitrogens is 2. The van der Waals surface area contributed by atoms with E-state index in [4.69, 9.17) is 0 Å². The van der Waals surface area contributed by atoms with Gasteiger partial charge in [0.2, 0.25) is 11.8 Å². The molecule has 2 N–H and O–H groups in total. The van der Waals surface area contributed by atoms with Gasteiger partial charge in [0, 0.05) is 49.2 Å². The smallest absolute Gasteiger partial charge is 0.268 e. The third kappa shape index (κ3) is 4.93. The van der Waals surface area contributed by atoms with Gasteiger partial charge in [-0.05, 0) is 48.9 Å². The van der Waals surface area contributed by atoms with E-state index in [1.54, 1.807) is 6.20 Å². The maximum Gasteiger partial charge on any atom is 0.268 e. The molecule has 3 aromatic rings. The van der Waals surface area contributed by atoms with E-state index in [-0.39, 0.29) is 35.7 Å². The number of nitrogens with one attached hydrogen (secondary N) is 2. The summed E-state index contributed by atoms with van der Waals surface area (Å²) in [6, 6.07) is 14.8. The van der Waals surface area contributed by atoms with Crippen molar-refractivity contribution in [1.82, 2.24) is 25.1 Å². The van der Waals surface area contributed by atoms with Gasteiger partial charge in [0.05, 0.1) is 12.1 Å². The molecule has 0 aliphatic carbocycles. The molecule has 2 aromatic heterocycles. The van der Waals surface area contributed by atoms with Crippen molar-refractivity contribution < 1.29 is 14.4 Å². The molecule has 9 nitrogen and oxygen atoms in total. The highest BCUT2D eigenvalue weighted by atomic mass is 16.2. The van der Waals surface area contributed by atoms with Crippen LogP contribution >= 0.6 is 0 Å². The quantitative estimate of drug-likeness (QED) is 0.515. The van der Waals surface area contributed by atoms with Crippen LogP contribution in [0.4, 0.5) is 5.82 Å². The average molecular weight is 543 g/mol. The lowest BCUT2D eigenvalue weighted by Crippen LogP contribution is -2.59. The van der Waals surface area contributed by atoms with Crippen LogP contribution in [-0.4, -0.2) is 81.8 Å². The van der Waals surface area contributed by atoms with Crippen LogP contribution in [0.1, 0.15) is 50.5 Å². The van der Waals surface area contributed by atoms with Crippen molar-refractivity contribution in [2.45, 2.75) is 58.2 Å². The molecule has 210 valence electrons. The molecule has 40 heavy (non-hydrogen) atoms. The van der Waals surface area contributed by atoms with Crippen LogP contribution in [0.2, 0.25) is 0 Å². The lowest BCUT2D eigenvalue weighted by atomic mass is 9.85. The Morgan fingerprint density at radius 2 is 1.68 bits per heavy atom. The average Bonchev–Trinajstić information content (AvgIpc) is 3.69. The van der Waals surface area contributed by atoms with E-state index in [1.165, 1.54) is 0 Å². The van der Waals surface area contributed by atoms with E-state index >= 15 is 0 Å². The molecule has 6 rings (SSSR count). The Kier molecular flexibility index (Phi) is 6.76. The molecule has 3 aliphatic heterocycles. The Bertz CT molecular complexity index is 1370. The molecule has 3 amide bonds. The summed E-state index contributed by atoms with van der Waals surface area (Å²) in [4.78, 5) is 54.3. The fourth-order valence-electron chi connectivity index (χ4n) is 6.56. The summed E-state index contributed by atoms with van der Waals surface area (Å²) in [5.41, 5.74) is 0.852. The van der Waals surface area contributed by atoms with Gasteiger partial charge < -0.3 is 25.0 Å². The minimum absolute atomic E-state index is 0.00937. The van der Waals surface area contributed by atoms with Gasteiger partial charge in [-0.2, -0.15) is 0 Å². The van der Waals surface area contributed by atoms with Gasteiger partial charge in [0.15, 0.2) is 0 Å². The Morgan fingerprint density at radius 3 is 2.33 bits per heavy atom. The number of anilines is 1. The Labute approximate surface area is 234 Å². The Morgan fingerprint density at radius 1 is 0.975 bits per heavy atom. The van der Waals surface area contributed by atoms with E-state index in [1.807, 2.05) is 79.1 Å². The fourth-order valence-corrected chi connectivity index (χ4v) is 6.56. The number of aromatic amines is 1. The Hall–Kier alpha value is -3.88. The number of amides is 3.